The van der Waals surface area contributed by atoms with Gasteiger partial charge in [0.15, 0.2) is 0 Å². The number of ether oxygens (including phenoxy) is 1. The lowest BCUT2D eigenvalue weighted by atomic mass is 9.76. The van der Waals surface area contributed by atoms with Crippen molar-refractivity contribution in [1.82, 2.24) is 0 Å². The van der Waals surface area contributed by atoms with Gasteiger partial charge in [-0.25, -0.2) is 4.99 Å². The summed E-state index contributed by atoms with van der Waals surface area (Å²) in [7, 11) is 0. The van der Waals surface area contributed by atoms with Crippen molar-refractivity contribution in [3.05, 3.63) is 41.0 Å². The molecule has 0 radical (unpaired) electrons. The molecule has 2 aliphatic rings. The molecule has 0 aromatic heterocycles. The minimum absolute atomic E-state index is 0.0394. The number of aryl methyl sites for hydroxylation is 1. The minimum atomic E-state index is -0.0394. The van der Waals surface area contributed by atoms with Crippen molar-refractivity contribution in [2.45, 2.75) is 84.2 Å². The van der Waals surface area contributed by atoms with E-state index >= 15 is 0 Å². The summed E-state index contributed by atoms with van der Waals surface area (Å²) >= 11 is 0. The average molecular weight is 325 g/mol. The van der Waals surface area contributed by atoms with Gasteiger partial charge in [0.2, 0.25) is 5.90 Å². The van der Waals surface area contributed by atoms with Crippen LogP contribution in [-0.2, 0) is 4.74 Å². The van der Waals surface area contributed by atoms with E-state index in [0.29, 0.717) is 0 Å². The highest BCUT2D eigenvalue weighted by atomic mass is 16.5. The van der Waals surface area contributed by atoms with Crippen molar-refractivity contribution in [3.8, 4) is 0 Å². The molecule has 24 heavy (non-hydrogen) atoms. The topological polar surface area (TPSA) is 21.6 Å². The fourth-order valence-corrected chi connectivity index (χ4v) is 4.13. The van der Waals surface area contributed by atoms with Crippen LogP contribution in [0.15, 0.2) is 40.4 Å². The molecule has 1 aliphatic heterocycles. The van der Waals surface area contributed by atoms with Gasteiger partial charge >= 0.3 is 0 Å². The first kappa shape index (κ1) is 17.3. The molecule has 1 aliphatic carbocycles. The minimum Gasteiger partial charge on any atom is -0.466 e. The van der Waals surface area contributed by atoms with Gasteiger partial charge in [-0.15, -0.1) is 0 Å². The number of hydrogen-bond donors (Lipinski definition) is 0. The standard InChI is InChI=1S/C22H31NO/c1-4-6-15-22-16-8-7-10-20(22)19(9-5-2)21(24-22)23-18-13-11-17(3)12-14-18/h11-14H,4-10,15-16H2,1-3H3. The fourth-order valence-electron chi connectivity index (χ4n) is 4.13. The van der Waals surface area contributed by atoms with E-state index in [-0.39, 0.29) is 5.60 Å². The molecular weight excluding hydrogens is 294 g/mol. The van der Waals surface area contributed by atoms with Crippen LogP contribution in [0, 0.1) is 6.92 Å². The molecule has 1 fully saturated rings. The van der Waals surface area contributed by atoms with E-state index in [0.717, 1.165) is 30.8 Å². The van der Waals surface area contributed by atoms with Crippen molar-refractivity contribution in [1.29, 1.82) is 0 Å². The molecular formula is C22H31NO. The van der Waals surface area contributed by atoms with Gasteiger partial charge < -0.3 is 4.74 Å². The monoisotopic (exact) mass is 325 g/mol. The Bertz CT molecular complexity index is 626. The van der Waals surface area contributed by atoms with Crippen molar-refractivity contribution < 1.29 is 4.74 Å². The molecule has 2 nitrogen and oxygen atoms in total. The zero-order valence-electron chi connectivity index (χ0n) is 15.5. The quantitative estimate of drug-likeness (QED) is 0.573. The number of benzene rings is 1. The Labute approximate surface area is 147 Å². The van der Waals surface area contributed by atoms with Crippen LogP contribution in [0.25, 0.3) is 0 Å². The predicted octanol–water partition coefficient (Wildman–Crippen LogP) is 6.65. The lowest BCUT2D eigenvalue weighted by molar-refractivity contribution is 0.0685. The molecule has 0 saturated heterocycles. The predicted molar refractivity (Wildman–Crippen MR) is 102 cm³/mol. The van der Waals surface area contributed by atoms with Gasteiger partial charge in [0, 0.05) is 5.57 Å². The maximum Gasteiger partial charge on any atom is 0.218 e. The van der Waals surface area contributed by atoms with Gasteiger partial charge in [0.05, 0.1) is 5.69 Å². The Morgan fingerprint density at radius 1 is 1.08 bits per heavy atom. The van der Waals surface area contributed by atoms with Crippen LogP contribution >= 0.6 is 0 Å². The first-order chi connectivity index (χ1) is 11.7. The van der Waals surface area contributed by atoms with Crippen molar-refractivity contribution in [2.24, 2.45) is 4.99 Å². The van der Waals surface area contributed by atoms with Gasteiger partial charge in [0.25, 0.3) is 0 Å². The van der Waals surface area contributed by atoms with Crippen LogP contribution in [0.3, 0.4) is 0 Å². The molecule has 0 amide bonds. The molecule has 1 saturated carbocycles. The van der Waals surface area contributed by atoms with Gasteiger partial charge in [0.1, 0.15) is 5.60 Å². The Morgan fingerprint density at radius 2 is 1.88 bits per heavy atom. The van der Waals surface area contributed by atoms with Crippen LogP contribution in [-0.4, -0.2) is 11.5 Å². The molecule has 3 rings (SSSR count). The molecule has 2 heteroatoms. The van der Waals surface area contributed by atoms with Crippen LogP contribution in [0.4, 0.5) is 5.69 Å². The lowest BCUT2D eigenvalue weighted by Gasteiger charge is -2.35. The highest BCUT2D eigenvalue weighted by molar-refractivity contribution is 5.99. The highest BCUT2D eigenvalue weighted by Gasteiger charge is 2.46. The second-order valence-electron chi connectivity index (χ2n) is 7.37. The molecule has 1 aromatic carbocycles. The zero-order chi connectivity index (χ0) is 17.0. The Morgan fingerprint density at radius 3 is 2.58 bits per heavy atom. The lowest BCUT2D eigenvalue weighted by Crippen LogP contribution is -2.34. The summed E-state index contributed by atoms with van der Waals surface area (Å²) in [4.78, 5) is 4.91. The van der Waals surface area contributed by atoms with E-state index in [1.165, 1.54) is 49.7 Å². The largest absolute Gasteiger partial charge is 0.466 e. The normalized spacial score (nSPS) is 25.0. The van der Waals surface area contributed by atoms with Crippen molar-refractivity contribution >= 4 is 11.6 Å². The Balaban J connectivity index is 1.97. The molecule has 0 bridgehead atoms. The summed E-state index contributed by atoms with van der Waals surface area (Å²) in [6.07, 6.45) is 10.8. The molecule has 1 unspecified atom stereocenters. The number of unbranched alkanes of at least 4 members (excludes halogenated alkanes) is 1. The van der Waals surface area contributed by atoms with E-state index in [2.05, 4.69) is 45.0 Å². The number of fused-ring (bicyclic) bond motifs is 1. The maximum absolute atomic E-state index is 6.63. The summed E-state index contributed by atoms with van der Waals surface area (Å²) in [5.74, 6) is 0.911. The third kappa shape index (κ3) is 3.43. The van der Waals surface area contributed by atoms with Crippen molar-refractivity contribution in [3.63, 3.8) is 0 Å². The van der Waals surface area contributed by atoms with Gasteiger partial charge in [-0.05, 0) is 69.6 Å². The van der Waals surface area contributed by atoms with E-state index in [9.17, 15) is 0 Å². The van der Waals surface area contributed by atoms with Crippen LogP contribution in [0.2, 0.25) is 0 Å². The second kappa shape index (κ2) is 7.55. The average Bonchev–Trinajstić information content (AvgIpc) is 2.89. The van der Waals surface area contributed by atoms with E-state index in [1.54, 1.807) is 5.57 Å². The molecule has 0 N–H and O–H groups in total. The first-order valence-corrected chi connectivity index (χ1v) is 9.76. The smallest absolute Gasteiger partial charge is 0.218 e. The highest BCUT2D eigenvalue weighted by Crippen LogP contribution is 2.48. The van der Waals surface area contributed by atoms with Gasteiger partial charge in [-0.2, -0.15) is 0 Å². The van der Waals surface area contributed by atoms with Gasteiger partial charge in [-0.3, -0.25) is 0 Å². The maximum atomic E-state index is 6.63. The molecule has 1 aromatic rings. The SMILES string of the molecule is CCCCC12CCCCC1=C(CCC)C(=Nc1ccc(C)cc1)O2. The Kier molecular flexibility index (Phi) is 5.43. The molecule has 130 valence electrons. The number of hydrogen-bond acceptors (Lipinski definition) is 2. The van der Waals surface area contributed by atoms with Crippen LogP contribution in [0.1, 0.15) is 77.2 Å². The summed E-state index contributed by atoms with van der Waals surface area (Å²) in [6, 6.07) is 8.45. The second-order valence-corrected chi connectivity index (χ2v) is 7.37. The molecule has 1 heterocycles. The fraction of sp³-hybridized carbons (Fsp3) is 0.591. The van der Waals surface area contributed by atoms with E-state index in [1.807, 2.05) is 0 Å². The number of aliphatic imine (C=N–C) groups is 1. The van der Waals surface area contributed by atoms with Crippen LogP contribution < -0.4 is 0 Å². The molecule has 0 spiro atoms. The van der Waals surface area contributed by atoms with Gasteiger partial charge in [-0.1, -0.05) is 44.4 Å². The summed E-state index contributed by atoms with van der Waals surface area (Å²) in [6.45, 7) is 6.64. The number of nitrogens with zero attached hydrogens (tertiary/aromatic N) is 1. The third-order valence-corrected chi connectivity index (χ3v) is 5.42. The van der Waals surface area contributed by atoms with E-state index < -0.39 is 0 Å². The third-order valence-electron chi connectivity index (χ3n) is 5.42. The van der Waals surface area contributed by atoms with E-state index in [4.69, 9.17) is 9.73 Å². The summed E-state index contributed by atoms with van der Waals surface area (Å²) < 4.78 is 6.63. The van der Waals surface area contributed by atoms with Crippen LogP contribution in [0.5, 0.6) is 0 Å². The van der Waals surface area contributed by atoms with Crippen molar-refractivity contribution in [2.75, 3.05) is 0 Å². The molecule has 1 atom stereocenters. The Hall–Kier alpha value is -1.57. The zero-order valence-corrected chi connectivity index (χ0v) is 15.5. The first-order valence-electron chi connectivity index (χ1n) is 9.76. The number of rotatable bonds is 6. The summed E-state index contributed by atoms with van der Waals surface area (Å²) in [5, 5.41) is 0. The summed E-state index contributed by atoms with van der Waals surface area (Å²) in [5.41, 5.74) is 5.23.